The average molecular weight is 140 g/mol. The Morgan fingerprint density at radius 2 is 2.60 bits per heavy atom. The van der Waals surface area contributed by atoms with Crippen LogP contribution in [0.15, 0.2) is 12.7 Å². The molecule has 1 atom stereocenters. The van der Waals surface area contributed by atoms with Crippen molar-refractivity contribution in [3.05, 3.63) is 12.7 Å². The van der Waals surface area contributed by atoms with E-state index in [1.807, 2.05) is 6.08 Å². The molecule has 0 bridgehead atoms. The molecule has 1 rings (SSSR count). The minimum Gasteiger partial charge on any atom is -0.362 e. The highest BCUT2D eigenvalue weighted by molar-refractivity contribution is 5.88. The minimum atomic E-state index is -0.0834. The molecule has 1 aliphatic heterocycles. The zero-order chi connectivity index (χ0) is 7.40. The SMILES string of the molecule is C=CCCCC1OCC1=O. The van der Waals surface area contributed by atoms with Gasteiger partial charge in [0.25, 0.3) is 0 Å². The molecule has 0 aromatic carbocycles. The number of ether oxygens (including phenoxy) is 1. The molecule has 1 fully saturated rings. The third-order valence-electron chi connectivity index (χ3n) is 1.66. The van der Waals surface area contributed by atoms with Gasteiger partial charge in [0.2, 0.25) is 0 Å². The summed E-state index contributed by atoms with van der Waals surface area (Å²) in [5, 5.41) is 0. The number of Topliss-reactive ketones (excluding diaryl/α,β-unsaturated/α-hetero) is 1. The van der Waals surface area contributed by atoms with Gasteiger partial charge in [-0.25, -0.2) is 0 Å². The van der Waals surface area contributed by atoms with Crippen LogP contribution in [0.3, 0.4) is 0 Å². The van der Waals surface area contributed by atoms with Crippen molar-refractivity contribution in [3.63, 3.8) is 0 Å². The molecular formula is C8H12O2. The smallest absolute Gasteiger partial charge is 0.187 e. The van der Waals surface area contributed by atoms with E-state index in [-0.39, 0.29) is 11.9 Å². The monoisotopic (exact) mass is 140 g/mol. The van der Waals surface area contributed by atoms with Gasteiger partial charge >= 0.3 is 0 Å². The summed E-state index contributed by atoms with van der Waals surface area (Å²) in [4.78, 5) is 10.7. The van der Waals surface area contributed by atoms with Crippen LogP contribution in [0.4, 0.5) is 0 Å². The topological polar surface area (TPSA) is 26.3 Å². The molecule has 56 valence electrons. The highest BCUT2D eigenvalue weighted by Gasteiger charge is 2.27. The highest BCUT2D eigenvalue weighted by Crippen LogP contribution is 2.13. The first kappa shape index (κ1) is 7.48. The van der Waals surface area contributed by atoms with Crippen LogP contribution in [-0.2, 0) is 9.53 Å². The first-order chi connectivity index (χ1) is 4.84. The predicted octanol–water partition coefficient (Wildman–Crippen LogP) is 1.31. The Hall–Kier alpha value is -0.630. The Labute approximate surface area is 60.9 Å². The number of carbonyl (C=O) groups is 1. The Bertz CT molecular complexity index is 140. The molecule has 0 N–H and O–H groups in total. The first-order valence-electron chi connectivity index (χ1n) is 3.60. The van der Waals surface area contributed by atoms with E-state index in [1.165, 1.54) is 0 Å². The number of carbonyl (C=O) groups excluding carboxylic acids is 1. The third kappa shape index (κ3) is 1.67. The predicted molar refractivity (Wildman–Crippen MR) is 38.8 cm³/mol. The lowest BCUT2D eigenvalue weighted by molar-refractivity contribution is -0.154. The summed E-state index contributed by atoms with van der Waals surface area (Å²) in [5.41, 5.74) is 0. The molecule has 1 heterocycles. The number of ketones is 1. The van der Waals surface area contributed by atoms with E-state index in [0.29, 0.717) is 6.61 Å². The second-order valence-corrected chi connectivity index (χ2v) is 2.49. The standard InChI is InChI=1S/C8H12O2/c1-2-3-4-5-8-7(9)6-10-8/h2,8H,1,3-6H2. The summed E-state index contributed by atoms with van der Waals surface area (Å²) in [7, 11) is 0. The lowest BCUT2D eigenvalue weighted by Crippen LogP contribution is -2.39. The van der Waals surface area contributed by atoms with E-state index in [1.54, 1.807) is 0 Å². The van der Waals surface area contributed by atoms with E-state index < -0.39 is 0 Å². The minimum absolute atomic E-state index is 0.0834. The fraction of sp³-hybridized carbons (Fsp3) is 0.625. The first-order valence-corrected chi connectivity index (χ1v) is 3.60. The molecular weight excluding hydrogens is 128 g/mol. The third-order valence-corrected chi connectivity index (χ3v) is 1.66. The number of hydrogen-bond acceptors (Lipinski definition) is 2. The number of unbranched alkanes of at least 4 members (excludes halogenated alkanes) is 1. The van der Waals surface area contributed by atoms with Crippen LogP contribution in [0.5, 0.6) is 0 Å². The van der Waals surface area contributed by atoms with E-state index in [9.17, 15) is 4.79 Å². The zero-order valence-corrected chi connectivity index (χ0v) is 6.01. The molecule has 1 unspecified atom stereocenters. The average Bonchev–Trinajstić information content (AvgIpc) is 1.95. The summed E-state index contributed by atoms with van der Waals surface area (Å²) >= 11 is 0. The van der Waals surface area contributed by atoms with Crippen molar-refractivity contribution >= 4 is 5.78 Å². The molecule has 0 aromatic rings. The molecule has 10 heavy (non-hydrogen) atoms. The summed E-state index contributed by atoms with van der Waals surface area (Å²) < 4.78 is 5.01. The quantitative estimate of drug-likeness (QED) is 0.434. The molecule has 0 aromatic heterocycles. The Morgan fingerprint density at radius 3 is 3.00 bits per heavy atom. The molecule has 0 saturated carbocycles. The van der Waals surface area contributed by atoms with Gasteiger partial charge < -0.3 is 4.74 Å². The summed E-state index contributed by atoms with van der Waals surface area (Å²) in [6.45, 7) is 3.93. The second kappa shape index (κ2) is 3.52. The van der Waals surface area contributed by atoms with Gasteiger partial charge in [0, 0.05) is 0 Å². The maximum atomic E-state index is 10.7. The molecule has 1 saturated heterocycles. The second-order valence-electron chi connectivity index (χ2n) is 2.49. The van der Waals surface area contributed by atoms with Crippen LogP contribution in [-0.4, -0.2) is 18.5 Å². The Balaban J connectivity index is 2.02. The fourth-order valence-corrected chi connectivity index (χ4v) is 0.961. The molecule has 0 amide bonds. The highest BCUT2D eigenvalue weighted by atomic mass is 16.5. The van der Waals surface area contributed by atoms with Gasteiger partial charge in [-0.05, 0) is 19.3 Å². The number of hydrogen-bond donors (Lipinski definition) is 0. The van der Waals surface area contributed by atoms with Gasteiger partial charge in [-0.3, -0.25) is 4.79 Å². The summed E-state index contributed by atoms with van der Waals surface area (Å²) in [6.07, 6.45) is 4.64. The van der Waals surface area contributed by atoms with Crippen LogP contribution in [0, 0.1) is 0 Å². The van der Waals surface area contributed by atoms with Crippen LogP contribution in [0.25, 0.3) is 0 Å². The van der Waals surface area contributed by atoms with Gasteiger partial charge in [0.1, 0.15) is 12.7 Å². The molecule has 2 nitrogen and oxygen atoms in total. The number of allylic oxidation sites excluding steroid dienone is 1. The molecule has 1 aliphatic rings. The maximum Gasteiger partial charge on any atom is 0.187 e. The fourth-order valence-electron chi connectivity index (χ4n) is 0.961. The lowest BCUT2D eigenvalue weighted by Gasteiger charge is -2.24. The molecule has 2 heteroatoms. The molecule has 0 radical (unpaired) electrons. The molecule has 0 spiro atoms. The Morgan fingerprint density at radius 1 is 1.80 bits per heavy atom. The maximum absolute atomic E-state index is 10.7. The van der Waals surface area contributed by atoms with E-state index in [0.717, 1.165) is 19.3 Å². The van der Waals surface area contributed by atoms with Gasteiger partial charge in [0.15, 0.2) is 5.78 Å². The van der Waals surface area contributed by atoms with Gasteiger partial charge in [-0.1, -0.05) is 6.08 Å². The van der Waals surface area contributed by atoms with Gasteiger partial charge in [-0.2, -0.15) is 0 Å². The van der Waals surface area contributed by atoms with Gasteiger partial charge in [0.05, 0.1) is 0 Å². The Kier molecular flexibility index (Phi) is 2.63. The van der Waals surface area contributed by atoms with E-state index >= 15 is 0 Å². The number of rotatable bonds is 4. The van der Waals surface area contributed by atoms with Crippen molar-refractivity contribution in [2.45, 2.75) is 25.4 Å². The normalized spacial score (nSPS) is 24.0. The van der Waals surface area contributed by atoms with Crippen molar-refractivity contribution in [2.24, 2.45) is 0 Å². The molecule has 0 aliphatic carbocycles. The van der Waals surface area contributed by atoms with Crippen LogP contribution < -0.4 is 0 Å². The van der Waals surface area contributed by atoms with Crippen LogP contribution in [0.1, 0.15) is 19.3 Å². The lowest BCUT2D eigenvalue weighted by atomic mass is 10.1. The zero-order valence-electron chi connectivity index (χ0n) is 6.01. The largest absolute Gasteiger partial charge is 0.362 e. The van der Waals surface area contributed by atoms with Crippen molar-refractivity contribution in [1.82, 2.24) is 0 Å². The van der Waals surface area contributed by atoms with Crippen molar-refractivity contribution < 1.29 is 9.53 Å². The van der Waals surface area contributed by atoms with Crippen LogP contribution in [0.2, 0.25) is 0 Å². The summed E-state index contributed by atoms with van der Waals surface area (Å²) in [5.74, 6) is 0.254. The van der Waals surface area contributed by atoms with E-state index in [4.69, 9.17) is 4.74 Å². The van der Waals surface area contributed by atoms with Crippen molar-refractivity contribution in [2.75, 3.05) is 6.61 Å². The summed E-state index contributed by atoms with van der Waals surface area (Å²) in [6, 6.07) is 0. The van der Waals surface area contributed by atoms with Crippen molar-refractivity contribution in [3.8, 4) is 0 Å². The van der Waals surface area contributed by atoms with E-state index in [2.05, 4.69) is 6.58 Å². The van der Waals surface area contributed by atoms with Crippen LogP contribution >= 0.6 is 0 Å². The van der Waals surface area contributed by atoms with Gasteiger partial charge in [-0.15, -0.1) is 6.58 Å². The van der Waals surface area contributed by atoms with Crippen molar-refractivity contribution in [1.29, 1.82) is 0 Å².